The Morgan fingerprint density at radius 3 is 2.47 bits per heavy atom. The SMILES string of the molecule is CCn1c(-c2cnccc2COC)c(CC(C)(C)COC)c2cc(-c3cc(O)cc(C[C@H](NC(=O)[C@H](C(C)C)N(C)C(=O)CN(C)C(=O)[C@H]4N[C@H]4C4CC4)C(=O)N4CCC[C@@H](C=O)N4)c3)ccc21. The number of benzene rings is 2. The third-order valence-electron chi connectivity index (χ3n) is 13.6. The highest BCUT2D eigenvalue weighted by Crippen LogP contribution is 2.42. The monoisotopic (exact) mass is 935 g/mol. The molecule has 2 aliphatic heterocycles. The molecule has 0 unspecified atom stereocenters. The molecule has 2 aromatic heterocycles. The maximum absolute atomic E-state index is 14.5. The largest absolute Gasteiger partial charge is 0.508 e. The number of nitrogens with zero attached hydrogens (tertiary/aromatic N) is 5. The fraction of sp³-hybridized carbons (Fsp3) is 0.538. The number of phenols is 1. The molecule has 4 aromatic rings. The van der Waals surface area contributed by atoms with Gasteiger partial charge >= 0.3 is 0 Å². The highest BCUT2D eigenvalue weighted by Gasteiger charge is 2.52. The minimum Gasteiger partial charge on any atom is -0.508 e. The number of likely N-dealkylation sites (N-methyl/N-ethyl adjacent to an activating group) is 2. The molecule has 7 rings (SSSR count). The number of hydrogen-bond acceptors (Lipinski definition) is 11. The molecule has 2 saturated heterocycles. The Bertz CT molecular complexity index is 2500. The molecular weight excluding hydrogens is 865 g/mol. The average molecular weight is 935 g/mol. The van der Waals surface area contributed by atoms with Gasteiger partial charge in [-0.2, -0.15) is 0 Å². The summed E-state index contributed by atoms with van der Waals surface area (Å²) in [6.45, 7) is 11.9. The molecular formula is C52H70N8O8. The zero-order valence-electron chi connectivity index (χ0n) is 41.1. The van der Waals surface area contributed by atoms with Crippen molar-refractivity contribution in [3.05, 3.63) is 71.5 Å². The van der Waals surface area contributed by atoms with E-state index in [2.05, 4.69) is 58.5 Å². The first-order chi connectivity index (χ1) is 32.5. The molecule has 366 valence electrons. The Morgan fingerprint density at radius 2 is 1.79 bits per heavy atom. The summed E-state index contributed by atoms with van der Waals surface area (Å²) in [5, 5.41) is 20.0. The Hall–Kier alpha value is -5.68. The maximum atomic E-state index is 14.5. The van der Waals surface area contributed by atoms with Crippen molar-refractivity contribution in [3.63, 3.8) is 0 Å². The van der Waals surface area contributed by atoms with Crippen LogP contribution in [0.25, 0.3) is 33.3 Å². The molecule has 3 aliphatic rings. The van der Waals surface area contributed by atoms with Crippen molar-refractivity contribution >= 4 is 40.8 Å². The minimum absolute atomic E-state index is 0.00941. The molecule has 1 saturated carbocycles. The number of aldehydes is 1. The number of carbonyl (C=O) groups is 5. The van der Waals surface area contributed by atoms with Crippen LogP contribution in [-0.4, -0.2) is 138 Å². The second kappa shape index (κ2) is 21.3. The predicted molar refractivity (Wildman–Crippen MR) is 260 cm³/mol. The molecule has 3 fully saturated rings. The van der Waals surface area contributed by atoms with Crippen molar-refractivity contribution in [1.82, 2.24) is 40.4 Å². The number of phenolic OH excluding ortho intramolecular Hbond substituents is 1. The number of amides is 4. The summed E-state index contributed by atoms with van der Waals surface area (Å²) in [5.41, 5.74) is 10.2. The summed E-state index contributed by atoms with van der Waals surface area (Å²) >= 11 is 0. The number of nitrogens with one attached hydrogen (secondary N) is 3. The van der Waals surface area contributed by atoms with Crippen molar-refractivity contribution in [2.45, 2.75) is 117 Å². The molecule has 16 nitrogen and oxygen atoms in total. The van der Waals surface area contributed by atoms with Crippen LogP contribution in [0.3, 0.4) is 0 Å². The molecule has 16 heteroatoms. The van der Waals surface area contributed by atoms with Crippen LogP contribution in [0.1, 0.15) is 77.0 Å². The molecule has 0 spiro atoms. The number of methoxy groups -OCH3 is 2. The summed E-state index contributed by atoms with van der Waals surface area (Å²) in [5.74, 6) is -1.43. The zero-order valence-corrected chi connectivity index (χ0v) is 41.1. The van der Waals surface area contributed by atoms with Crippen molar-refractivity contribution in [2.75, 3.05) is 48.0 Å². The Kier molecular flexibility index (Phi) is 15.7. The molecule has 2 aromatic carbocycles. The standard InChI is InChI=1S/C52H70N8O8/c1-10-59-43-16-15-34(24-39(43)40(25-52(4,5)30-68-9)48(59)41-26-53-18-17-35(41)29-67-8)36-20-32(21-38(62)23-36)22-42(50(65)60-19-11-12-37(28-61)56-60)54-49(64)47(31(2)3)58(7)44(63)27-57(6)51(66)46-45(55-46)33-13-14-33/h15-18,20-21,23-24,26,28,31,33,37,42,45-47,55-56,62H,10-14,19,22,25,27,29-30H2,1-9H3,(H,54,64)/t37-,42-,45-,46-,47-/m0/s1. The lowest BCUT2D eigenvalue weighted by atomic mass is 9.84. The van der Waals surface area contributed by atoms with E-state index >= 15 is 0 Å². The number of hydrogen-bond donors (Lipinski definition) is 4. The van der Waals surface area contributed by atoms with Gasteiger partial charge in [-0.1, -0.05) is 39.8 Å². The smallest absolute Gasteiger partial charge is 0.259 e. The van der Waals surface area contributed by atoms with Crippen LogP contribution in [0.15, 0.2) is 54.9 Å². The summed E-state index contributed by atoms with van der Waals surface area (Å²) in [6.07, 6.45) is 8.48. The normalized spacial score (nSPS) is 19.1. The second-order valence-electron chi connectivity index (χ2n) is 20.1. The van der Waals surface area contributed by atoms with Gasteiger partial charge in [0, 0.05) is 82.7 Å². The van der Waals surface area contributed by atoms with Crippen LogP contribution in [0.2, 0.25) is 0 Å². The van der Waals surface area contributed by atoms with E-state index in [0.717, 1.165) is 58.0 Å². The Morgan fingerprint density at radius 1 is 1.03 bits per heavy atom. The van der Waals surface area contributed by atoms with Crippen molar-refractivity contribution < 1.29 is 38.6 Å². The number of aromatic nitrogens is 2. The third kappa shape index (κ3) is 11.3. The Labute approximate surface area is 400 Å². The van der Waals surface area contributed by atoms with Gasteiger partial charge in [-0.05, 0) is 114 Å². The van der Waals surface area contributed by atoms with E-state index in [0.29, 0.717) is 62.6 Å². The Balaban J connectivity index is 1.21. The van der Waals surface area contributed by atoms with E-state index in [1.165, 1.54) is 14.8 Å². The van der Waals surface area contributed by atoms with Gasteiger partial charge in [-0.25, -0.2) is 5.43 Å². The fourth-order valence-electron chi connectivity index (χ4n) is 10.1. The number of carbonyl (C=O) groups excluding carboxylic acids is 5. The molecule has 0 radical (unpaired) electrons. The number of fused-ring (bicyclic) bond motifs is 1. The highest BCUT2D eigenvalue weighted by atomic mass is 16.5. The lowest BCUT2D eigenvalue weighted by molar-refractivity contribution is -0.146. The molecule has 4 heterocycles. The predicted octanol–water partition coefficient (Wildman–Crippen LogP) is 4.87. The van der Waals surface area contributed by atoms with Gasteiger partial charge < -0.3 is 39.1 Å². The number of aromatic hydroxyl groups is 1. The van der Waals surface area contributed by atoms with E-state index in [-0.39, 0.29) is 48.0 Å². The minimum atomic E-state index is -1.15. The van der Waals surface area contributed by atoms with E-state index < -0.39 is 35.8 Å². The first kappa shape index (κ1) is 50.2. The molecule has 4 N–H and O–H groups in total. The third-order valence-corrected chi connectivity index (χ3v) is 13.6. The average Bonchev–Trinajstić information content (AvgIpc) is 4.25. The van der Waals surface area contributed by atoms with Crippen molar-refractivity contribution in [1.29, 1.82) is 0 Å². The topological polar surface area (TPSA) is 198 Å². The first-order valence-electron chi connectivity index (χ1n) is 24.0. The number of ether oxygens (including phenoxy) is 2. The van der Waals surface area contributed by atoms with Crippen LogP contribution in [0.5, 0.6) is 5.75 Å². The van der Waals surface area contributed by atoms with Gasteiger partial charge in [0.15, 0.2) is 0 Å². The molecule has 4 amide bonds. The first-order valence-corrected chi connectivity index (χ1v) is 24.0. The summed E-state index contributed by atoms with van der Waals surface area (Å²) in [7, 11) is 6.54. The van der Waals surface area contributed by atoms with E-state index in [9.17, 15) is 29.1 Å². The number of rotatable bonds is 21. The molecule has 0 bridgehead atoms. The van der Waals surface area contributed by atoms with Gasteiger partial charge in [0.05, 0.1) is 31.5 Å². The number of pyridine rings is 1. The highest BCUT2D eigenvalue weighted by molar-refractivity contribution is 5.96. The lowest BCUT2D eigenvalue weighted by Crippen LogP contribution is -2.61. The van der Waals surface area contributed by atoms with Gasteiger partial charge in [-0.15, -0.1) is 0 Å². The van der Waals surface area contributed by atoms with E-state index in [1.54, 1.807) is 46.6 Å². The van der Waals surface area contributed by atoms with Gasteiger partial charge in [0.1, 0.15) is 30.2 Å². The van der Waals surface area contributed by atoms with Crippen LogP contribution >= 0.6 is 0 Å². The molecule has 68 heavy (non-hydrogen) atoms. The van der Waals surface area contributed by atoms with Gasteiger partial charge in [0.25, 0.3) is 5.91 Å². The lowest BCUT2D eigenvalue weighted by Gasteiger charge is -2.36. The summed E-state index contributed by atoms with van der Waals surface area (Å²) < 4.78 is 13.6. The van der Waals surface area contributed by atoms with Crippen LogP contribution in [0, 0.1) is 17.3 Å². The fourth-order valence-corrected chi connectivity index (χ4v) is 10.1. The van der Waals surface area contributed by atoms with Gasteiger partial charge in [-0.3, -0.25) is 34.5 Å². The quantitative estimate of drug-likeness (QED) is 0.0657. The van der Waals surface area contributed by atoms with Gasteiger partial charge in [0.2, 0.25) is 17.7 Å². The summed E-state index contributed by atoms with van der Waals surface area (Å²) in [6, 6.07) is 10.6. The van der Waals surface area contributed by atoms with Crippen LogP contribution < -0.4 is 16.1 Å². The van der Waals surface area contributed by atoms with Crippen molar-refractivity contribution in [2.24, 2.45) is 17.3 Å². The number of hydrazine groups is 1. The molecule has 5 atom stereocenters. The molecule has 1 aliphatic carbocycles. The van der Waals surface area contributed by atoms with E-state index in [1.807, 2.05) is 38.2 Å². The van der Waals surface area contributed by atoms with Crippen LogP contribution in [0.4, 0.5) is 0 Å². The van der Waals surface area contributed by atoms with E-state index in [4.69, 9.17) is 9.47 Å². The second-order valence-corrected chi connectivity index (χ2v) is 20.1. The zero-order chi connectivity index (χ0) is 49.0. The maximum Gasteiger partial charge on any atom is 0.259 e. The number of aryl methyl sites for hydroxylation is 1. The van der Waals surface area contributed by atoms with Crippen LogP contribution in [-0.2, 0) is 59.4 Å². The summed E-state index contributed by atoms with van der Waals surface area (Å²) in [4.78, 5) is 75.0. The van der Waals surface area contributed by atoms with Crippen molar-refractivity contribution in [3.8, 4) is 28.1 Å².